The second-order valence-corrected chi connectivity index (χ2v) is 9.54. The lowest BCUT2D eigenvalue weighted by Crippen LogP contribution is -2.40. The van der Waals surface area contributed by atoms with Crippen molar-refractivity contribution in [1.82, 2.24) is 9.46 Å². The molecular weight excluding hydrogens is 465 g/mol. The van der Waals surface area contributed by atoms with Gasteiger partial charge in [0.15, 0.2) is 5.75 Å². The summed E-state index contributed by atoms with van der Waals surface area (Å²) >= 11 is 0. The fraction of sp³-hybridized carbons (Fsp3) is 0.304. The molecule has 0 saturated carbocycles. The number of nitrogens with zero attached hydrogens (tertiary/aromatic N) is 2. The summed E-state index contributed by atoms with van der Waals surface area (Å²) < 4.78 is 57.2. The minimum Gasteiger partial charge on any atom is -0.455 e. The Labute approximate surface area is 196 Å². The van der Waals surface area contributed by atoms with Crippen LogP contribution in [0.15, 0.2) is 51.9 Å². The molecule has 11 heteroatoms. The zero-order chi connectivity index (χ0) is 24.3. The molecule has 0 spiro atoms. The van der Waals surface area contributed by atoms with E-state index in [4.69, 9.17) is 14.0 Å². The lowest BCUT2D eigenvalue weighted by atomic mass is 10.1. The molecule has 1 fully saturated rings. The Hall–Kier alpha value is -3.28. The molecule has 0 aliphatic carbocycles. The summed E-state index contributed by atoms with van der Waals surface area (Å²) in [6.07, 6.45) is 0.477. The number of carbonyl (C=O) groups is 1. The highest BCUT2D eigenvalue weighted by Crippen LogP contribution is 2.34. The standard InChI is InChI=1S/C23H24FN3O6S/c1-3-19-22(15(2)33-26-19)23(28)25-20-14-18(34(29,30)27-10-12-31-13-11-27)8-9-21(20)32-17-6-4-16(24)5-7-17/h4-9,14H,3,10-13H2,1-2H3,(H,25,28). The summed E-state index contributed by atoms with van der Waals surface area (Å²) in [5, 5.41) is 6.63. The molecule has 2 aromatic carbocycles. The lowest BCUT2D eigenvalue weighted by Gasteiger charge is -2.26. The Kier molecular flexibility index (Phi) is 6.96. The van der Waals surface area contributed by atoms with Gasteiger partial charge in [0.05, 0.1) is 29.5 Å². The maximum absolute atomic E-state index is 13.3. The van der Waals surface area contributed by atoms with Crippen LogP contribution >= 0.6 is 0 Å². The second kappa shape index (κ2) is 9.92. The average molecular weight is 490 g/mol. The number of benzene rings is 2. The number of aromatic nitrogens is 1. The third kappa shape index (κ3) is 4.96. The third-order valence-electron chi connectivity index (χ3n) is 5.34. The van der Waals surface area contributed by atoms with Gasteiger partial charge in [-0.1, -0.05) is 12.1 Å². The first-order valence-electron chi connectivity index (χ1n) is 10.7. The van der Waals surface area contributed by atoms with E-state index >= 15 is 0 Å². The molecule has 0 atom stereocenters. The molecular formula is C23H24FN3O6S. The maximum atomic E-state index is 13.3. The molecule has 1 aromatic heterocycles. The number of halogens is 1. The predicted molar refractivity (Wildman–Crippen MR) is 121 cm³/mol. The monoisotopic (exact) mass is 489 g/mol. The van der Waals surface area contributed by atoms with Gasteiger partial charge < -0.3 is 19.3 Å². The average Bonchev–Trinajstić information content (AvgIpc) is 3.22. The molecule has 0 bridgehead atoms. The van der Waals surface area contributed by atoms with Crippen molar-refractivity contribution in [2.24, 2.45) is 0 Å². The summed E-state index contributed by atoms with van der Waals surface area (Å²) in [4.78, 5) is 13.1. The van der Waals surface area contributed by atoms with Crippen LogP contribution in [0.2, 0.25) is 0 Å². The van der Waals surface area contributed by atoms with E-state index in [1.165, 1.54) is 46.8 Å². The van der Waals surface area contributed by atoms with Crippen molar-refractivity contribution in [3.63, 3.8) is 0 Å². The van der Waals surface area contributed by atoms with Gasteiger partial charge in [-0.05, 0) is 55.8 Å². The largest absolute Gasteiger partial charge is 0.455 e. The molecule has 9 nitrogen and oxygen atoms in total. The number of sulfonamides is 1. The van der Waals surface area contributed by atoms with Crippen molar-refractivity contribution in [2.75, 3.05) is 31.6 Å². The van der Waals surface area contributed by atoms with E-state index in [1.54, 1.807) is 6.92 Å². The fourth-order valence-electron chi connectivity index (χ4n) is 3.56. The van der Waals surface area contributed by atoms with Gasteiger partial charge in [-0.25, -0.2) is 12.8 Å². The van der Waals surface area contributed by atoms with E-state index in [0.29, 0.717) is 36.8 Å². The Morgan fingerprint density at radius 2 is 1.88 bits per heavy atom. The van der Waals surface area contributed by atoms with Crippen molar-refractivity contribution < 1.29 is 31.6 Å². The number of hydrogen-bond donors (Lipinski definition) is 1. The first-order valence-corrected chi connectivity index (χ1v) is 12.2. The highest BCUT2D eigenvalue weighted by molar-refractivity contribution is 7.89. The van der Waals surface area contributed by atoms with E-state index < -0.39 is 21.7 Å². The minimum atomic E-state index is -3.82. The first-order chi connectivity index (χ1) is 16.3. The molecule has 1 aliphatic heterocycles. The van der Waals surface area contributed by atoms with Crippen LogP contribution in [0, 0.1) is 12.7 Å². The zero-order valence-corrected chi connectivity index (χ0v) is 19.5. The molecule has 4 rings (SSSR count). The molecule has 1 saturated heterocycles. The highest BCUT2D eigenvalue weighted by Gasteiger charge is 2.28. The first kappa shape index (κ1) is 23.9. The molecule has 0 unspecified atom stereocenters. The number of carbonyl (C=O) groups excluding carboxylic acids is 1. The molecule has 1 N–H and O–H groups in total. The number of morpholine rings is 1. The number of amides is 1. The SMILES string of the molecule is CCc1noc(C)c1C(=O)Nc1cc(S(=O)(=O)N2CCOCC2)ccc1Oc1ccc(F)cc1. The van der Waals surface area contributed by atoms with Crippen molar-refractivity contribution >= 4 is 21.6 Å². The van der Waals surface area contributed by atoms with E-state index in [9.17, 15) is 17.6 Å². The molecule has 180 valence electrons. The van der Waals surface area contributed by atoms with Crippen molar-refractivity contribution in [3.05, 3.63) is 65.3 Å². The van der Waals surface area contributed by atoms with Crippen LogP contribution in [0.4, 0.5) is 10.1 Å². The van der Waals surface area contributed by atoms with Gasteiger partial charge in [-0.3, -0.25) is 4.79 Å². The molecule has 1 amide bonds. The number of ether oxygens (including phenoxy) is 2. The summed E-state index contributed by atoms with van der Waals surface area (Å²) in [6, 6.07) is 9.53. The topological polar surface area (TPSA) is 111 Å². The number of nitrogens with one attached hydrogen (secondary N) is 1. The van der Waals surface area contributed by atoms with E-state index in [1.807, 2.05) is 6.92 Å². The van der Waals surface area contributed by atoms with Gasteiger partial charge in [0.1, 0.15) is 22.9 Å². The van der Waals surface area contributed by atoms with Gasteiger partial charge in [0, 0.05) is 13.1 Å². The number of rotatable bonds is 7. The van der Waals surface area contributed by atoms with Crippen molar-refractivity contribution in [3.8, 4) is 11.5 Å². The van der Waals surface area contributed by atoms with Gasteiger partial charge in [0.25, 0.3) is 5.91 Å². The quantitative estimate of drug-likeness (QED) is 0.538. The van der Waals surface area contributed by atoms with Crippen molar-refractivity contribution in [1.29, 1.82) is 0 Å². The van der Waals surface area contributed by atoms with E-state index in [2.05, 4.69) is 10.5 Å². The second-order valence-electron chi connectivity index (χ2n) is 7.60. The Balaban J connectivity index is 1.71. The minimum absolute atomic E-state index is 0.00564. The number of hydrogen-bond acceptors (Lipinski definition) is 7. The molecule has 3 aromatic rings. The summed E-state index contributed by atoms with van der Waals surface area (Å²) in [6.45, 7) is 4.54. The third-order valence-corrected chi connectivity index (χ3v) is 7.24. The number of anilines is 1. The van der Waals surface area contributed by atoms with Gasteiger partial charge in [0.2, 0.25) is 10.0 Å². The maximum Gasteiger partial charge on any atom is 0.261 e. The van der Waals surface area contributed by atoms with Crippen molar-refractivity contribution in [2.45, 2.75) is 25.2 Å². The van der Waals surface area contributed by atoms with Crippen LogP contribution in [-0.4, -0.2) is 50.1 Å². The normalized spacial score (nSPS) is 14.7. The zero-order valence-electron chi connectivity index (χ0n) is 18.7. The lowest BCUT2D eigenvalue weighted by molar-refractivity contribution is 0.0730. The van der Waals surface area contributed by atoms with E-state index in [-0.39, 0.29) is 35.0 Å². The molecule has 1 aliphatic rings. The Morgan fingerprint density at radius 3 is 2.56 bits per heavy atom. The van der Waals surface area contributed by atoms with E-state index in [0.717, 1.165) is 0 Å². The molecule has 34 heavy (non-hydrogen) atoms. The summed E-state index contributed by atoms with van der Waals surface area (Å²) in [5.74, 6) is -0.0973. The smallest absolute Gasteiger partial charge is 0.261 e. The fourth-order valence-corrected chi connectivity index (χ4v) is 4.99. The van der Waals surface area contributed by atoms with Crippen LogP contribution in [-0.2, 0) is 21.2 Å². The molecule has 0 radical (unpaired) electrons. The van der Waals surface area contributed by atoms with Crippen LogP contribution in [0.25, 0.3) is 0 Å². The Morgan fingerprint density at radius 1 is 1.18 bits per heavy atom. The number of aryl methyl sites for hydroxylation is 2. The summed E-state index contributed by atoms with van der Waals surface area (Å²) in [5.41, 5.74) is 0.885. The Bertz CT molecular complexity index is 1280. The van der Waals surface area contributed by atoms with Gasteiger partial charge in [-0.15, -0.1) is 0 Å². The van der Waals surface area contributed by atoms with Crippen LogP contribution in [0.3, 0.4) is 0 Å². The predicted octanol–water partition coefficient (Wildman–Crippen LogP) is 3.75. The molecule has 2 heterocycles. The van der Waals surface area contributed by atoms with Crippen LogP contribution in [0.5, 0.6) is 11.5 Å². The van der Waals surface area contributed by atoms with Gasteiger partial charge >= 0.3 is 0 Å². The highest BCUT2D eigenvalue weighted by atomic mass is 32.2. The van der Waals surface area contributed by atoms with Crippen LogP contribution in [0.1, 0.15) is 28.7 Å². The van der Waals surface area contributed by atoms with Crippen LogP contribution < -0.4 is 10.1 Å². The summed E-state index contributed by atoms with van der Waals surface area (Å²) in [7, 11) is -3.82. The van der Waals surface area contributed by atoms with Gasteiger partial charge in [-0.2, -0.15) is 4.31 Å².